The number of hydrogen-bond donors (Lipinski definition) is 0. The molecule has 0 saturated carbocycles. The summed E-state index contributed by atoms with van der Waals surface area (Å²) >= 11 is 0. The number of ether oxygens (including phenoxy) is 4. The summed E-state index contributed by atoms with van der Waals surface area (Å²) in [4.78, 5) is 12.2. The Morgan fingerprint density at radius 2 is 1.29 bits per heavy atom. The lowest BCUT2D eigenvalue weighted by Gasteiger charge is -2.17. The van der Waals surface area contributed by atoms with Gasteiger partial charge in [0.15, 0.2) is 28.8 Å². The summed E-state index contributed by atoms with van der Waals surface area (Å²) in [5, 5.41) is 1.90. The molecule has 0 amide bonds. The number of carbonyl (C=O) groups excluding carboxylic acids is 1. The Kier molecular flexibility index (Phi) is 9.02. The first-order chi connectivity index (χ1) is 15.9. The van der Waals surface area contributed by atoms with Crippen LogP contribution in [0.15, 0.2) is 34.7 Å². The number of Topliss-reactive ketones (excluding diaryl/α,β-unsaturated/α-hetero) is 1. The van der Waals surface area contributed by atoms with E-state index in [2.05, 4.69) is 0 Å². The van der Waals surface area contributed by atoms with Crippen LogP contribution in [-0.2, 0) is 6.42 Å². The van der Waals surface area contributed by atoms with E-state index >= 15 is 0 Å². The van der Waals surface area contributed by atoms with Crippen molar-refractivity contribution in [2.24, 2.45) is 0 Å². The van der Waals surface area contributed by atoms with Gasteiger partial charge in [0.1, 0.15) is 0 Å². The Bertz CT molecular complexity index is 1160. The number of fused-ring (bicyclic) bond motifs is 1. The standard InChI is InChI=1S/C23H25O6.ClHO4/c1-13(24)18-11-22(27-5)20(25-3)9-15(18)7-17-8-16-10-21(26-4)23(28-6)12-19(16)14(2)29-17;2-1(3,4)5/h8-12H,7H2,1-6H3;(H,2,3,4,5)/q+1;/p-1. The second-order valence-corrected chi connectivity index (χ2v) is 7.79. The molecule has 184 valence electrons. The van der Waals surface area contributed by atoms with Gasteiger partial charge < -0.3 is 18.9 Å². The predicted octanol–water partition coefficient (Wildman–Crippen LogP) is 0.0941. The highest BCUT2D eigenvalue weighted by Gasteiger charge is 2.22. The predicted molar refractivity (Wildman–Crippen MR) is 111 cm³/mol. The topological polar surface area (TPSA) is 158 Å². The summed E-state index contributed by atoms with van der Waals surface area (Å²) in [6, 6.07) is 9.29. The molecule has 3 aromatic rings. The Hall–Kier alpha value is -3.15. The lowest BCUT2D eigenvalue weighted by atomic mass is 9.98. The van der Waals surface area contributed by atoms with Crippen LogP contribution < -0.4 is 37.6 Å². The Morgan fingerprint density at radius 1 is 0.824 bits per heavy atom. The van der Waals surface area contributed by atoms with Crippen LogP contribution in [-0.4, -0.2) is 34.2 Å². The summed E-state index contributed by atoms with van der Waals surface area (Å²) in [7, 11) is 1.38. The number of halogens is 1. The van der Waals surface area contributed by atoms with Crippen LogP contribution in [0.25, 0.3) is 10.8 Å². The summed E-state index contributed by atoms with van der Waals surface area (Å²) in [6.45, 7) is 3.43. The molecule has 0 aliphatic rings. The molecule has 0 N–H and O–H groups in total. The summed E-state index contributed by atoms with van der Waals surface area (Å²) in [5.74, 6) is 3.79. The third-order valence-electron chi connectivity index (χ3n) is 4.89. The fourth-order valence-corrected chi connectivity index (χ4v) is 3.44. The number of carbonyl (C=O) groups is 1. The van der Waals surface area contributed by atoms with Crippen molar-refractivity contribution in [3.63, 3.8) is 0 Å². The summed E-state index contributed by atoms with van der Waals surface area (Å²) in [6.07, 6.45) is 0.431. The van der Waals surface area contributed by atoms with Gasteiger partial charge in [-0.3, -0.25) is 4.79 Å². The molecule has 0 atom stereocenters. The van der Waals surface area contributed by atoms with E-state index in [1.165, 1.54) is 6.92 Å². The first-order valence-corrected chi connectivity index (χ1v) is 11.0. The first kappa shape index (κ1) is 27.1. The van der Waals surface area contributed by atoms with Gasteiger partial charge in [-0.25, -0.2) is 23.1 Å². The quantitative estimate of drug-likeness (QED) is 0.324. The fraction of sp³-hybridized carbons (Fsp3) is 0.304. The second kappa shape index (κ2) is 11.3. The fourth-order valence-electron chi connectivity index (χ4n) is 3.44. The molecule has 0 radical (unpaired) electrons. The van der Waals surface area contributed by atoms with Crippen LogP contribution in [0.1, 0.15) is 34.4 Å². The van der Waals surface area contributed by atoms with Crippen molar-refractivity contribution in [2.45, 2.75) is 20.3 Å². The van der Waals surface area contributed by atoms with Crippen molar-refractivity contribution in [3.8, 4) is 23.0 Å². The molecular formula is C23H25ClO10. The van der Waals surface area contributed by atoms with E-state index in [9.17, 15) is 4.79 Å². The Balaban J connectivity index is 0.000000739. The minimum atomic E-state index is -4.94. The highest BCUT2D eigenvalue weighted by atomic mass is 35.7. The minimum Gasteiger partial charge on any atom is -0.493 e. The highest BCUT2D eigenvalue weighted by Crippen LogP contribution is 2.36. The average Bonchev–Trinajstić information content (AvgIpc) is 2.76. The van der Waals surface area contributed by atoms with Gasteiger partial charge >= 0.3 is 11.5 Å². The number of hydrogen-bond acceptors (Lipinski definition) is 9. The lowest BCUT2D eigenvalue weighted by molar-refractivity contribution is -2.00. The molecule has 2 aromatic carbocycles. The van der Waals surface area contributed by atoms with Crippen LogP contribution >= 0.6 is 0 Å². The van der Waals surface area contributed by atoms with Gasteiger partial charge in [-0.1, -0.05) is 0 Å². The number of ketones is 1. The molecule has 10 nitrogen and oxygen atoms in total. The van der Waals surface area contributed by atoms with Crippen molar-refractivity contribution in [1.82, 2.24) is 0 Å². The zero-order valence-electron chi connectivity index (χ0n) is 19.6. The molecule has 0 spiro atoms. The van der Waals surface area contributed by atoms with Crippen molar-refractivity contribution in [2.75, 3.05) is 28.4 Å². The molecule has 0 fully saturated rings. The van der Waals surface area contributed by atoms with Crippen molar-refractivity contribution < 1.29 is 57.0 Å². The van der Waals surface area contributed by atoms with Gasteiger partial charge in [0, 0.05) is 23.1 Å². The van der Waals surface area contributed by atoms with Crippen LogP contribution in [0.4, 0.5) is 0 Å². The largest absolute Gasteiger partial charge is 0.493 e. The second-order valence-electron chi connectivity index (χ2n) is 7.04. The van der Waals surface area contributed by atoms with Gasteiger partial charge in [-0.05, 0) is 30.7 Å². The van der Waals surface area contributed by atoms with E-state index in [1.807, 2.05) is 31.2 Å². The SMILES string of the molecule is COc1cc(Cc2cc3cc(OC)c(OC)cc3c(C)[o+]2)c(C(C)=O)cc1OC.[O-][Cl+3]([O-])([O-])[O-]. The lowest BCUT2D eigenvalue weighted by Crippen LogP contribution is -2.68. The van der Waals surface area contributed by atoms with Gasteiger partial charge in [0.05, 0.1) is 47.2 Å². The molecule has 1 aromatic heterocycles. The van der Waals surface area contributed by atoms with E-state index in [0.29, 0.717) is 35.0 Å². The number of aryl methyl sites for hydroxylation is 1. The molecular weight excluding hydrogens is 472 g/mol. The van der Waals surface area contributed by atoms with Crippen LogP contribution in [0.3, 0.4) is 0 Å². The number of rotatable bonds is 7. The minimum absolute atomic E-state index is 0.0510. The van der Waals surface area contributed by atoms with Crippen molar-refractivity contribution in [1.29, 1.82) is 0 Å². The molecule has 0 aliphatic heterocycles. The van der Waals surface area contributed by atoms with E-state index < -0.39 is 10.2 Å². The summed E-state index contributed by atoms with van der Waals surface area (Å²) < 4.78 is 61.6. The average molecular weight is 497 g/mol. The summed E-state index contributed by atoms with van der Waals surface area (Å²) in [5.41, 5.74) is 1.38. The maximum Gasteiger partial charge on any atom is 0.334 e. The zero-order chi connectivity index (χ0) is 25.6. The van der Waals surface area contributed by atoms with E-state index in [4.69, 9.17) is 42.0 Å². The molecule has 1 heterocycles. The smallest absolute Gasteiger partial charge is 0.334 e. The highest BCUT2D eigenvalue weighted by molar-refractivity contribution is 5.96. The first-order valence-electron chi connectivity index (χ1n) is 9.77. The monoisotopic (exact) mass is 496 g/mol. The van der Waals surface area contributed by atoms with Gasteiger partial charge in [-0.15, -0.1) is 10.2 Å². The Morgan fingerprint density at radius 3 is 1.79 bits per heavy atom. The van der Waals surface area contributed by atoms with Gasteiger partial charge in [0.2, 0.25) is 0 Å². The third-order valence-corrected chi connectivity index (χ3v) is 4.89. The molecule has 3 rings (SSSR count). The number of methoxy groups -OCH3 is 4. The Labute approximate surface area is 198 Å². The van der Waals surface area contributed by atoms with Crippen LogP contribution in [0.5, 0.6) is 23.0 Å². The molecule has 0 bridgehead atoms. The van der Waals surface area contributed by atoms with Crippen LogP contribution in [0.2, 0.25) is 0 Å². The van der Waals surface area contributed by atoms with E-state index in [0.717, 1.165) is 27.9 Å². The van der Waals surface area contributed by atoms with Gasteiger partial charge in [0.25, 0.3) is 0 Å². The molecule has 11 heteroatoms. The number of benzene rings is 2. The molecule has 0 aliphatic carbocycles. The van der Waals surface area contributed by atoms with Crippen molar-refractivity contribution in [3.05, 3.63) is 53.0 Å². The van der Waals surface area contributed by atoms with Crippen molar-refractivity contribution >= 4 is 16.6 Å². The molecule has 0 saturated heterocycles. The van der Waals surface area contributed by atoms with Gasteiger partial charge in [-0.2, -0.15) is 0 Å². The normalized spacial score (nSPS) is 10.9. The maximum atomic E-state index is 12.2. The molecule has 0 unspecified atom stereocenters. The van der Waals surface area contributed by atoms with E-state index in [-0.39, 0.29) is 5.78 Å². The third kappa shape index (κ3) is 6.92. The van der Waals surface area contributed by atoms with E-state index in [1.54, 1.807) is 34.5 Å². The van der Waals surface area contributed by atoms with Crippen LogP contribution in [0, 0.1) is 17.2 Å². The molecule has 34 heavy (non-hydrogen) atoms. The zero-order valence-corrected chi connectivity index (χ0v) is 20.3. The maximum absolute atomic E-state index is 12.2.